The molecule has 78 valence electrons. The summed E-state index contributed by atoms with van der Waals surface area (Å²) >= 11 is 3.65. The first kappa shape index (κ1) is 11.2. The third-order valence-electron chi connectivity index (χ3n) is 2.04. The van der Waals surface area contributed by atoms with Gasteiger partial charge in [-0.3, -0.25) is 0 Å². The van der Waals surface area contributed by atoms with E-state index in [1.165, 1.54) is 0 Å². The lowest BCUT2D eigenvalue weighted by atomic mass is 9.98. The van der Waals surface area contributed by atoms with Crippen LogP contribution in [0.15, 0.2) is 0 Å². The van der Waals surface area contributed by atoms with E-state index in [4.69, 9.17) is 15.6 Å². The van der Waals surface area contributed by atoms with Gasteiger partial charge in [0.2, 0.25) is 5.12 Å². The summed E-state index contributed by atoms with van der Waals surface area (Å²) in [5.41, 5.74) is 5.32. The van der Waals surface area contributed by atoms with E-state index < -0.39 is 36.1 Å². The number of hydrogen-bond acceptors (Lipinski definition) is 7. The van der Waals surface area contributed by atoms with Gasteiger partial charge in [0, 0.05) is 0 Å². The van der Waals surface area contributed by atoms with Crippen molar-refractivity contribution < 1.29 is 25.2 Å². The lowest BCUT2D eigenvalue weighted by Crippen LogP contribution is -2.66. The number of ether oxygens (including phenoxy) is 1. The molecular formula is C6H13NO5S. The van der Waals surface area contributed by atoms with Gasteiger partial charge in [0.1, 0.15) is 18.3 Å². The molecule has 0 aromatic rings. The Balaban J connectivity index is 2.79. The van der Waals surface area contributed by atoms with Gasteiger partial charge in [-0.05, 0) is 0 Å². The lowest BCUT2D eigenvalue weighted by Gasteiger charge is -2.43. The number of nitrogens with two attached hydrogens (primary N) is 1. The molecule has 0 bridgehead atoms. The Hall–Kier alpha value is 0.110. The minimum Gasteiger partial charge on any atom is -0.394 e. The van der Waals surface area contributed by atoms with Crippen molar-refractivity contribution in [3.8, 4) is 0 Å². The largest absolute Gasteiger partial charge is 0.394 e. The Labute approximate surface area is 80.3 Å². The molecule has 0 radical (unpaired) electrons. The van der Waals surface area contributed by atoms with Crippen LogP contribution in [0.1, 0.15) is 0 Å². The normalized spacial score (nSPS) is 52.2. The fourth-order valence-corrected chi connectivity index (χ4v) is 1.46. The number of hydrogen-bond donors (Lipinski definition) is 6. The lowest BCUT2D eigenvalue weighted by molar-refractivity contribution is -0.267. The third-order valence-corrected chi connectivity index (χ3v) is 2.44. The molecule has 1 aliphatic heterocycles. The molecule has 5 atom stereocenters. The van der Waals surface area contributed by atoms with Crippen LogP contribution in [0.25, 0.3) is 0 Å². The summed E-state index contributed by atoms with van der Waals surface area (Å²) < 4.78 is 4.75. The minimum atomic E-state index is -2.04. The fourth-order valence-electron chi connectivity index (χ4n) is 1.17. The predicted molar refractivity (Wildman–Crippen MR) is 45.9 cm³/mol. The zero-order valence-electron chi connectivity index (χ0n) is 6.74. The molecule has 0 saturated carbocycles. The first-order valence-corrected chi connectivity index (χ1v) is 4.20. The van der Waals surface area contributed by atoms with Gasteiger partial charge in [0.25, 0.3) is 0 Å². The molecule has 6 nitrogen and oxygen atoms in total. The molecular weight excluding hydrogens is 198 g/mol. The van der Waals surface area contributed by atoms with Gasteiger partial charge in [0.15, 0.2) is 0 Å². The van der Waals surface area contributed by atoms with Gasteiger partial charge in [-0.25, -0.2) is 0 Å². The minimum absolute atomic E-state index is 0.534. The maximum Gasteiger partial charge on any atom is 0.231 e. The second-order valence-corrected chi connectivity index (χ2v) is 3.65. The van der Waals surface area contributed by atoms with Crippen LogP contribution >= 0.6 is 12.6 Å². The molecule has 6 N–H and O–H groups in total. The average Bonchev–Trinajstić information content (AvgIpc) is 2.08. The van der Waals surface area contributed by atoms with Crippen molar-refractivity contribution in [2.75, 3.05) is 6.61 Å². The van der Waals surface area contributed by atoms with E-state index >= 15 is 0 Å². The molecule has 1 saturated heterocycles. The monoisotopic (exact) mass is 211 g/mol. The Bertz CT molecular complexity index is 188. The van der Waals surface area contributed by atoms with E-state index in [9.17, 15) is 15.3 Å². The van der Waals surface area contributed by atoms with E-state index in [0.29, 0.717) is 0 Å². The van der Waals surface area contributed by atoms with E-state index in [2.05, 4.69) is 12.6 Å². The summed E-state index contributed by atoms with van der Waals surface area (Å²) in [4.78, 5) is 0. The van der Waals surface area contributed by atoms with Crippen molar-refractivity contribution in [1.29, 1.82) is 0 Å². The van der Waals surface area contributed by atoms with Gasteiger partial charge < -0.3 is 30.9 Å². The highest BCUT2D eigenvalue weighted by molar-refractivity contribution is 7.81. The molecule has 1 rings (SSSR count). The first-order valence-electron chi connectivity index (χ1n) is 3.75. The molecule has 1 heterocycles. The summed E-state index contributed by atoms with van der Waals surface area (Å²) in [6.07, 6.45) is -3.79. The highest BCUT2D eigenvalue weighted by Gasteiger charge is 2.49. The molecule has 1 unspecified atom stereocenters. The molecule has 0 spiro atoms. The van der Waals surface area contributed by atoms with Crippen LogP contribution in [0.5, 0.6) is 0 Å². The van der Waals surface area contributed by atoms with Crippen molar-refractivity contribution in [3.63, 3.8) is 0 Å². The smallest absolute Gasteiger partial charge is 0.231 e. The zero-order chi connectivity index (χ0) is 10.2. The van der Waals surface area contributed by atoms with Crippen LogP contribution in [-0.4, -0.2) is 56.5 Å². The Kier molecular flexibility index (Phi) is 3.18. The average molecular weight is 211 g/mol. The Morgan fingerprint density at radius 3 is 2.38 bits per heavy atom. The SMILES string of the molecule is N[C@H]1[C@@H](O)[C@H](O)[C@@H](CO)OC1(O)S. The molecule has 0 aromatic carbocycles. The van der Waals surface area contributed by atoms with Gasteiger partial charge >= 0.3 is 0 Å². The number of aliphatic hydroxyl groups excluding tert-OH is 3. The van der Waals surface area contributed by atoms with Crippen molar-refractivity contribution in [2.45, 2.75) is 29.5 Å². The maximum absolute atomic E-state index is 9.37. The Morgan fingerprint density at radius 2 is 1.92 bits per heavy atom. The summed E-state index contributed by atoms with van der Waals surface area (Å²) in [7, 11) is 0. The second kappa shape index (κ2) is 3.70. The second-order valence-electron chi connectivity index (χ2n) is 3.00. The van der Waals surface area contributed by atoms with E-state index in [1.54, 1.807) is 0 Å². The van der Waals surface area contributed by atoms with E-state index in [0.717, 1.165) is 0 Å². The van der Waals surface area contributed by atoms with Gasteiger partial charge in [0.05, 0.1) is 12.6 Å². The number of thiol groups is 1. The first-order chi connectivity index (χ1) is 5.90. The molecule has 0 aliphatic carbocycles. The van der Waals surface area contributed by atoms with E-state index in [-0.39, 0.29) is 0 Å². The number of aliphatic hydroxyl groups is 4. The maximum atomic E-state index is 9.37. The summed E-state index contributed by atoms with van der Waals surface area (Å²) in [6, 6.07) is -1.23. The summed E-state index contributed by atoms with van der Waals surface area (Å²) in [6.45, 7) is -0.534. The molecule has 7 heteroatoms. The van der Waals surface area contributed by atoms with Crippen LogP contribution < -0.4 is 5.73 Å². The van der Waals surface area contributed by atoms with Crippen LogP contribution in [0, 0.1) is 0 Å². The van der Waals surface area contributed by atoms with Gasteiger partial charge in [-0.1, -0.05) is 0 Å². The van der Waals surface area contributed by atoms with Crippen molar-refractivity contribution in [2.24, 2.45) is 5.73 Å². The fraction of sp³-hybridized carbons (Fsp3) is 1.00. The van der Waals surface area contributed by atoms with Gasteiger partial charge in [-0.15, -0.1) is 12.6 Å². The van der Waals surface area contributed by atoms with Crippen molar-refractivity contribution >= 4 is 12.6 Å². The molecule has 0 aromatic heterocycles. The molecule has 1 fully saturated rings. The van der Waals surface area contributed by atoms with Crippen molar-refractivity contribution in [1.82, 2.24) is 0 Å². The summed E-state index contributed by atoms with van der Waals surface area (Å²) in [5.74, 6) is 0. The highest BCUT2D eigenvalue weighted by atomic mass is 32.1. The molecule has 1 aliphatic rings. The van der Waals surface area contributed by atoms with Crippen LogP contribution in [0.2, 0.25) is 0 Å². The molecule has 13 heavy (non-hydrogen) atoms. The quantitative estimate of drug-likeness (QED) is 0.203. The van der Waals surface area contributed by atoms with Crippen LogP contribution in [-0.2, 0) is 4.74 Å². The van der Waals surface area contributed by atoms with Crippen LogP contribution in [0.4, 0.5) is 0 Å². The molecule has 0 amide bonds. The highest BCUT2D eigenvalue weighted by Crippen LogP contribution is 2.29. The topological polar surface area (TPSA) is 116 Å². The van der Waals surface area contributed by atoms with Crippen molar-refractivity contribution in [3.05, 3.63) is 0 Å². The Morgan fingerprint density at radius 1 is 1.38 bits per heavy atom. The zero-order valence-corrected chi connectivity index (χ0v) is 7.63. The van der Waals surface area contributed by atoms with Gasteiger partial charge in [-0.2, -0.15) is 0 Å². The van der Waals surface area contributed by atoms with E-state index in [1.807, 2.05) is 0 Å². The number of rotatable bonds is 1. The predicted octanol–water partition coefficient (Wildman–Crippen LogP) is -3.00. The standard InChI is InChI=1S/C6H13NO5S/c7-5-4(10)3(9)2(1-8)12-6(5,11)13/h2-5,8-11,13H,1,7H2/t2-,3-,4+,5+,6?/m1/s1. The summed E-state index contributed by atoms with van der Waals surface area (Å²) in [5, 5.41) is 34.6. The van der Waals surface area contributed by atoms with Crippen LogP contribution in [0.3, 0.4) is 0 Å². The third kappa shape index (κ3) is 1.96.